The zero-order valence-electron chi connectivity index (χ0n) is 15.2. The van der Waals surface area contributed by atoms with Crippen LogP contribution >= 0.6 is 15.9 Å². The third-order valence-corrected chi connectivity index (χ3v) is 5.61. The Morgan fingerprint density at radius 2 is 2.07 bits per heavy atom. The molecule has 2 aliphatic heterocycles. The third kappa shape index (κ3) is 3.94. The Hall–Kier alpha value is -1.90. The summed E-state index contributed by atoms with van der Waals surface area (Å²) in [6, 6.07) is 8.74. The monoisotopic (exact) mass is 452 g/mol. The summed E-state index contributed by atoms with van der Waals surface area (Å²) >= 11 is 3.35. The Morgan fingerprint density at radius 3 is 2.71 bits per heavy atom. The number of fused-ring (bicyclic) bond motifs is 1. The number of benzene rings is 1. The Bertz CT molecular complexity index is 882. The quantitative estimate of drug-likeness (QED) is 0.738. The fraction of sp³-hybridized carbons (Fsp3) is 0.350. The van der Waals surface area contributed by atoms with Gasteiger partial charge >= 0.3 is 6.18 Å². The molecule has 3 heterocycles. The molecule has 1 unspecified atom stereocenters. The van der Waals surface area contributed by atoms with Gasteiger partial charge in [0.05, 0.1) is 24.0 Å². The normalized spacial score (nSPS) is 22.5. The Morgan fingerprint density at radius 1 is 1.25 bits per heavy atom. The molecule has 148 valence electrons. The molecule has 2 aromatic rings. The van der Waals surface area contributed by atoms with Crippen molar-refractivity contribution < 1.29 is 13.2 Å². The number of anilines is 1. The minimum absolute atomic E-state index is 0.262. The predicted molar refractivity (Wildman–Crippen MR) is 106 cm³/mol. The Kier molecular flexibility index (Phi) is 5.20. The summed E-state index contributed by atoms with van der Waals surface area (Å²) in [5.74, 6) is 0. The molecule has 1 N–H and O–H groups in total. The number of alkyl halides is 3. The number of rotatable bonds is 3. The highest BCUT2D eigenvalue weighted by Gasteiger charge is 2.41. The molecule has 0 radical (unpaired) electrons. The van der Waals surface area contributed by atoms with Crippen molar-refractivity contribution in [2.75, 3.05) is 18.1 Å². The van der Waals surface area contributed by atoms with Gasteiger partial charge in [-0.15, -0.1) is 0 Å². The first-order chi connectivity index (χ1) is 13.3. The second-order valence-electron chi connectivity index (χ2n) is 7.14. The van der Waals surface area contributed by atoms with E-state index in [0.717, 1.165) is 27.8 Å². The number of hydrogen-bond donors (Lipinski definition) is 1. The lowest BCUT2D eigenvalue weighted by molar-refractivity contribution is -0.155. The molecule has 0 saturated heterocycles. The minimum atomic E-state index is -4.27. The van der Waals surface area contributed by atoms with Crippen LogP contribution in [0.4, 0.5) is 18.9 Å². The first-order valence-electron chi connectivity index (χ1n) is 9.08. The summed E-state index contributed by atoms with van der Waals surface area (Å²) in [4.78, 5) is 5.93. The van der Waals surface area contributed by atoms with E-state index < -0.39 is 18.8 Å². The van der Waals surface area contributed by atoms with Crippen molar-refractivity contribution in [2.45, 2.75) is 31.6 Å². The van der Waals surface area contributed by atoms with Gasteiger partial charge in [-0.05, 0) is 64.7 Å². The van der Waals surface area contributed by atoms with Crippen molar-refractivity contribution in [3.63, 3.8) is 0 Å². The Labute approximate surface area is 170 Å². The predicted octanol–water partition coefficient (Wildman–Crippen LogP) is 4.58. The maximum atomic E-state index is 13.3. The molecule has 0 spiro atoms. The van der Waals surface area contributed by atoms with Crippen LogP contribution in [0.25, 0.3) is 0 Å². The van der Waals surface area contributed by atoms with E-state index in [4.69, 9.17) is 0 Å². The molecule has 1 aromatic heterocycles. The standard InChI is InChI=1S/C20H20BrF3N4/c1-13-9-14-10-16(28-8-2-7-26-28)4-5-17(14)19(27(13)12-20(22,23)24)18-6-3-15(21)11-25-18/h2-6,8,10-11,13,19,26H,7,9,12H2,1H3/t13-,19?/m1/s1. The van der Waals surface area contributed by atoms with Crippen LogP contribution in [0, 0.1) is 0 Å². The molecular weight excluding hydrogens is 433 g/mol. The average Bonchev–Trinajstić information content (AvgIpc) is 3.17. The summed E-state index contributed by atoms with van der Waals surface area (Å²) in [5, 5.41) is 1.93. The minimum Gasteiger partial charge on any atom is -0.284 e. The molecule has 0 aliphatic carbocycles. The fourth-order valence-electron chi connectivity index (χ4n) is 3.93. The topological polar surface area (TPSA) is 31.4 Å². The van der Waals surface area contributed by atoms with E-state index in [0.29, 0.717) is 12.1 Å². The molecule has 4 rings (SSSR count). The summed E-state index contributed by atoms with van der Waals surface area (Å²) < 4.78 is 40.8. The van der Waals surface area contributed by atoms with E-state index in [-0.39, 0.29) is 6.04 Å². The van der Waals surface area contributed by atoms with E-state index in [9.17, 15) is 13.2 Å². The molecule has 2 atom stereocenters. The third-order valence-electron chi connectivity index (χ3n) is 5.14. The van der Waals surface area contributed by atoms with Crippen LogP contribution in [0.3, 0.4) is 0 Å². The number of halogens is 4. The van der Waals surface area contributed by atoms with E-state index in [2.05, 4.69) is 32.4 Å². The number of aromatic nitrogens is 1. The van der Waals surface area contributed by atoms with Crippen molar-refractivity contribution in [3.05, 3.63) is 70.1 Å². The average molecular weight is 453 g/mol. The molecule has 8 heteroatoms. The van der Waals surface area contributed by atoms with E-state index in [1.165, 1.54) is 4.90 Å². The smallest absolute Gasteiger partial charge is 0.284 e. The largest absolute Gasteiger partial charge is 0.401 e. The molecular formula is C20H20BrF3N4. The number of nitrogens with zero attached hydrogens (tertiary/aromatic N) is 3. The van der Waals surface area contributed by atoms with Crippen LogP contribution in [-0.2, 0) is 6.42 Å². The van der Waals surface area contributed by atoms with Gasteiger partial charge in [-0.1, -0.05) is 12.1 Å². The van der Waals surface area contributed by atoms with Crippen molar-refractivity contribution in [2.24, 2.45) is 0 Å². The van der Waals surface area contributed by atoms with Crippen LogP contribution in [0.15, 0.2) is 53.3 Å². The molecule has 28 heavy (non-hydrogen) atoms. The summed E-state index contributed by atoms with van der Waals surface area (Å²) in [6.07, 6.45) is 1.89. The zero-order chi connectivity index (χ0) is 19.9. The van der Waals surface area contributed by atoms with E-state index in [1.54, 1.807) is 12.3 Å². The molecule has 0 fully saturated rings. The number of hydrogen-bond acceptors (Lipinski definition) is 4. The molecule has 2 aliphatic rings. The van der Waals surface area contributed by atoms with E-state index >= 15 is 0 Å². The van der Waals surface area contributed by atoms with Gasteiger partial charge in [-0.25, -0.2) is 5.43 Å². The molecule has 0 saturated carbocycles. The van der Waals surface area contributed by atoms with Crippen molar-refractivity contribution >= 4 is 21.6 Å². The number of nitrogens with one attached hydrogen (secondary N) is 1. The van der Waals surface area contributed by atoms with Crippen LogP contribution in [-0.4, -0.2) is 35.2 Å². The number of pyridine rings is 1. The summed E-state index contributed by atoms with van der Waals surface area (Å²) in [5.41, 5.74) is 6.76. The molecule has 0 amide bonds. The molecule has 1 aromatic carbocycles. The van der Waals surface area contributed by atoms with Gasteiger partial charge in [0.25, 0.3) is 0 Å². The van der Waals surface area contributed by atoms with Gasteiger partial charge in [0.2, 0.25) is 0 Å². The lowest BCUT2D eigenvalue weighted by atomic mass is 9.86. The lowest BCUT2D eigenvalue weighted by Crippen LogP contribution is -2.47. The van der Waals surface area contributed by atoms with Gasteiger partial charge in [0.1, 0.15) is 0 Å². The van der Waals surface area contributed by atoms with E-state index in [1.807, 2.05) is 42.4 Å². The maximum absolute atomic E-state index is 13.3. The van der Waals surface area contributed by atoms with Crippen LogP contribution in [0.5, 0.6) is 0 Å². The van der Waals surface area contributed by atoms with Crippen LogP contribution < -0.4 is 10.4 Å². The van der Waals surface area contributed by atoms with Gasteiger partial charge < -0.3 is 0 Å². The van der Waals surface area contributed by atoms with Gasteiger partial charge in [-0.3, -0.25) is 14.9 Å². The number of hydrazine groups is 1. The second-order valence-corrected chi connectivity index (χ2v) is 8.06. The Balaban J connectivity index is 1.77. The summed E-state index contributed by atoms with van der Waals surface area (Å²) in [7, 11) is 0. The summed E-state index contributed by atoms with van der Waals surface area (Å²) in [6.45, 7) is 1.65. The molecule has 4 nitrogen and oxygen atoms in total. The SMILES string of the molecule is C[C@@H]1Cc2cc(N3C=CCN3)ccc2C(c2ccc(Br)cn2)N1CC(F)(F)F. The van der Waals surface area contributed by atoms with Gasteiger partial charge in [0, 0.05) is 29.5 Å². The first-order valence-corrected chi connectivity index (χ1v) is 9.87. The van der Waals surface area contributed by atoms with Gasteiger partial charge in [-0.2, -0.15) is 13.2 Å². The first kappa shape index (κ1) is 19.4. The lowest BCUT2D eigenvalue weighted by Gasteiger charge is -2.42. The highest BCUT2D eigenvalue weighted by molar-refractivity contribution is 9.10. The molecule has 0 bridgehead atoms. The van der Waals surface area contributed by atoms with Crippen molar-refractivity contribution in [1.29, 1.82) is 0 Å². The fourth-order valence-corrected chi connectivity index (χ4v) is 4.16. The van der Waals surface area contributed by atoms with Gasteiger partial charge in [0.15, 0.2) is 0 Å². The second kappa shape index (κ2) is 7.50. The highest BCUT2D eigenvalue weighted by Crippen LogP contribution is 2.40. The van der Waals surface area contributed by atoms with Crippen LogP contribution in [0.2, 0.25) is 0 Å². The maximum Gasteiger partial charge on any atom is 0.401 e. The van der Waals surface area contributed by atoms with Crippen molar-refractivity contribution in [3.8, 4) is 0 Å². The highest BCUT2D eigenvalue weighted by atomic mass is 79.9. The van der Waals surface area contributed by atoms with Crippen molar-refractivity contribution in [1.82, 2.24) is 15.3 Å². The van der Waals surface area contributed by atoms with Crippen LogP contribution in [0.1, 0.15) is 29.8 Å². The zero-order valence-corrected chi connectivity index (χ0v) is 16.8.